The molecule has 38 heavy (non-hydrogen) atoms. The molecule has 1 aromatic heterocycles. The quantitative estimate of drug-likeness (QED) is 0.273. The lowest BCUT2D eigenvalue weighted by Gasteiger charge is -2.25. The number of nitrogens with zero attached hydrogens (tertiary/aromatic N) is 4. The minimum atomic E-state index is -0.266. The fourth-order valence-electron chi connectivity index (χ4n) is 5.29. The summed E-state index contributed by atoms with van der Waals surface area (Å²) in [6.07, 6.45) is 6.07. The van der Waals surface area contributed by atoms with E-state index in [4.69, 9.17) is 14.7 Å². The average molecular weight is 508 g/mol. The zero-order valence-electron chi connectivity index (χ0n) is 21.6. The van der Waals surface area contributed by atoms with Crippen molar-refractivity contribution in [1.82, 2.24) is 14.5 Å². The van der Waals surface area contributed by atoms with E-state index in [1.807, 2.05) is 43.3 Å². The second kappa shape index (κ2) is 10.3. The fraction of sp³-hybridized carbons (Fsp3) is 0.258. The van der Waals surface area contributed by atoms with Gasteiger partial charge < -0.3 is 14.6 Å². The monoisotopic (exact) mass is 507 g/mol. The second-order valence-corrected chi connectivity index (χ2v) is 9.83. The number of pyridine rings is 1. The summed E-state index contributed by atoms with van der Waals surface area (Å²) < 4.78 is 21.6. The van der Waals surface area contributed by atoms with Crippen LogP contribution >= 0.6 is 0 Å². The molecule has 2 aromatic carbocycles. The van der Waals surface area contributed by atoms with Crippen LogP contribution in [-0.2, 0) is 4.74 Å². The predicted octanol–water partition coefficient (Wildman–Crippen LogP) is 6.57. The molecule has 0 spiro atoms. The Morgan fingerprint density at radius 2 is 1.74 bits per heavy atom. The Bertz CT molecular complexity index is 1620. The van der Waals surface area contributed by atoms with Gasteiger partial charge in [0.1, 0.15) is 5.82 Å². The number of halogens is 1. The van der Waals surface area contributed by atoms with E-state index in [0.717, 1.165) is 76.2 Å². The van der Waals surface area contributed by atoms with Gasteiger partial charge >= 0.3 is 0 Å². The fourth-order valence-corrected chi connectivity index (χ4v) is 5.29. The van der Waals surface area contributed by atoms with Crippen LogP contribution in [0.15, 0.2) is 84.0 Å². The summed E-state index contributed by atoms with van der Waals surface area (Å²) in [5.41, 5.74) is 7.12. The van der Waals surface area contributed by atoms with Crippen molar-refractivity contribution in [2.75, 3.05) is 12.4 Å². The molecule has 0 bridgehead atoms. The van der Waals surface area contributed by atoms with E-state index < -0.39 is 0 Å². The van der Waals surface area contributed by atoms with E-state index in [1.165, 1.54) is 12.1 Å². The van der Waals surface area contributed by atoms with Crippen LogP contribution in [0.5, 0.6) is 0 Å². The Morgan fingerprint density at radius 1 is 0.947 bits per heavy atom. The van der Waals surface area contributed by atoms with Crippen LogP contribution in [0.25, 0.3) is 28.1 Å². The summed E-state index contributed by atoms with van der Waals surface area (Å²) in [5, 5.41) is 4.45. The molecule has 2 heterocycles. The maximum atomic E-state index is 13.8. The van der Waals surface area contributed by atoms with E-state index >= 15 is 0 Å². The molecule has 192 valence electrons. The van der Waals surface area contributed by atoms with Crippen LogP contribution in [-0.4, -0.2) is 33.8 Å². The van der Waals surface area contributed by atoms with Gasteiger partial charge in [-0.2, -0.15) is 0 Å². The highest BCUT2D eigenvalue weighted by Crippen LogP contribution is 2.31. The van der Waals surface area contributed by atoms with E-state index in [0.29, 0.717) is 6.10 Å². The van der Waals surface area contributed by atoms with Crippen molar-refractivity contribution in [3.8, 4) is 17.1 Å². The summed E-state index contributed by atoms with van der Waals surface area (Å²) in [7, 11) is 1.79. The van der Waals surface area contributed by atoms with Gasteiger partial charge in [-0.05, 0) is 93.3 Å². The number of aryl methyl sites for hydroxylation is 1. The van der Waals surface area contributed by atoms with Crippen molar-refractivity contribution in [1.29, 1.82) is 0 Å². The molecule has 0 unspecified atom stereocenters. The molecular formula is C31H30FN5O. The minimum Gasteiger partial charge on any atom is -0.381 e. The van der Waals surface area contributed by atoms with E-state index in [2.05, 4.69) is 27.0 Å². The first-order valence-electron chi connectivity index (χ1n) is 13.1. The van der Waals surface area contributed by atoms with Gasteiger partial charge in [0.15, 0.2) is 0 Å². The van der Waals surface area contributed by atoms with Crippen LogP contribution in [0.3, 0.4) is 0 Å². The molecule has 7 heteroatoms. The van der Waals surface area contributed by atoms with Crippen LogP contribution < -0.4 is 10.7 Å². The third-order valence-electron chi connectivity index (χ3n) is 7.36. The van der Waals surface area contributed by atoms with Crippen LogP contribution in [0.2, 0.25) is 0 Å². The Labute approximate surface area is 221 Å². The van der Waals surface area contributed by atoms with Crippen LogP contribution in [0.1, 0.15) is 31.4 Å². The van der Waals surface area contributed by atoms with Crippen molar-refractivity contribution in [2.24, 2.45) is 4.99 Å². The molecule has 1 fully saturated rings. The summed E-state index contributed by atoms with van der Waals surface area (Å²) >= 11 is 0. The Morgan fingerprint density at radius 3 is 2.50 bits per heavy atom. The number of hydrogen-bond donors (Lipinski definition) is 1. The lowest BCUT2D eigenvalue weighted by Crippen LogP contribution is -2.25. The topological polar surface area (TPSA) is 64.3 Å². The van der Waals surface area contributed by atoms with E-state index in [-0.39, 0.29) is 11.9 Å². The van der Waals surface area contributed by atoms with Gasteiger partial charge in [0, 0.05) is 19.0 Å². The molecule has 0 atom stereocenters. The summed E-state index contributed by atoms with van der Waals surface area (Å²) in [6.45, 7) is 1.99. The number of aromatic nitrogens is 3. The molecule has 1 saturated carbocycles. The van der Waals surface area contributed by atoms with E-state index in [1.54, 1.807) is 25.4 Å². The Hall–Kier alpha value is -4.10. The SMILES string of the molecule is COC1CCC(N=c2cc3n(-c4ccc(F)cc4)c4ccccc4nc-3cc2Nc2cccnc2C)CC1. The molecule has 3 aliphatic rings. The highest BCUT2D eigenvalue weighted by atomic mass is 19.1. The molecule has 6 rings (SSSR count). The minimum absolute atomic E-state index is 0.210. The standard InChI is InChI=1S/C31H30FN5O/c1-20-25(7-5-17-33-20)35-27-18-29-31(19-28(27)34-22-11-15-24(38-2)16-12-22)37(23-13-9-21(32)10-14-23)30-8-4-3-6-26(30)36-29/h3-10,13-14,17-19,22,24,35H,11-12,15-16H2,1-2H3. The second-order valence-electron chi connectivity index (χ2n) is 9.83. The molecule has 0 amide bonds. The Kier molecular flexibility index (Phi) is 6.60. The molecular weight excluding hydrogens is 477 g/mol. The van der Waals surface area contributed by atoms with Crippen molar-refractivity contribution in [2.45, 2.75) is 44.8 Å². The number of hydrogen-bond acceptors (Lipinski definition) is 5. The molecule has 2 aliphatic carbocycles. The maximum absolute atomic E-state index is 13.8. The van der Waals surface area contributed by atoms with Gasteiger partial charge in [-0.25, -0.2) is 9.37 Å². The van der Waals surface area contributed by atoms with Crippen molar-refractivity contribution in [3.05, 3.63) is 95.9 Å². The number of rotatable bonds is 5. The zero-order valence-corrected chi connectivity index (χ0v) is 21.6. The lowest BCUT2D eigenvalue weighted by molar-refractivity contribution is 0.0663. The number of anilines is 2. The lowest BCUT2D eigenvalue weighted by atomic mass is 9.93. The van der Waals surface area contributed by atoms with Crippen molar-refractivity contribution < 1.29 is 9.13 Å². The highest BCUT2D eigenvalue weighted by Gasteiger charge is 2.22. The predicted molar refractivity (Wildman–Crippen MR) is 149 cm³/mol. The summed E-state index contributed by atoms with van der Waals surface area (Å²) in [4.78, 5) is 14.7. The molecule has 3 aromatic rings. The van der Waals surface area contributed by atoms with Crippen LogP contribution in [0.4, 0.5) is 15.8 Å². The molecule has 6 nitrogen and oxygen atoms in total. The smallest absolute Gasteiger partial charge is 0.123 e. The first-order chi connectivity index (χ1) is 18.6. The van der Waals surface area contributed by atoms with Gasteiger partial charge in [0.2, 0.25) is 0 Å². The highest BCUT2D eigenvalue weighted by molar-refractivity contribution is 5.84. The summed E-state index contributed by atoms with van der Waals surface area (Å²) in [5.74, 6) is -0.266. The number of para-hydroxylation sites is 2. The maximum Gasteiger partial charge on any atom is 0.123 e. The zero-order chi connectivity index (χ0) is 26.1. The van der Waals surface area contributed by atoms with Gasteiger partial charge in [-0.1, -0.05) is 12.1 Å². The first kappa shape index (κ1) is 24.2. The number of methoxy groups -OCH3 is 1. The number of ether oxygens (including phenoxy) is 1. The van der Waals surface area contributed by atoms with Crippen LogP contribution in [0, 0.1) is 12.7 Å². The number of fused-ring (bicyclic) bond motifs is 2. The van der Waals surface area contributed by atoms with Crippen molar-refractivity contribution >= 4 is 22.4 Å². The average Bonchev–Trinajstić information content (AvgIpc) is 2.94. The number of nitrogens with one attached hydrogen (secondary N) is 1. The third kappa shape index (κ3) is 4.77. The van der Waals surface area contributed by atoms with E-state index in [9.17, 15) is 4.39 Å². The van der Waals surface area contributed by atoms with Crippen molar-refractivity contribution in [3.63, 3.8) is 0 Å². The summed E-state index contributed by atoms with van der Waals surface area (Å²) in [6, 6.07) is 22.9. The molecule has 0 radical (unpaired) electrons. The van der Waals surface area contributed by atoms with Gasteiger partial charge in [-0.15, -0.1) is 0 Å². The largest absolute Gasteiger partial charge is 0.381 e. The normalized spacial score (nSPS) is 18.2. The molecule has 1 N–H and O–H groups in total. The van der Waals surface area contributed by atoms with Gasteiger partial charge in [-0.3, -0.25) is 9.98 Å². The third-order valence-corrected chi connectivity index (χ3v) is 7.36. The Balaban J connectivity index is 1.58. The molecule has 1 aliphatic heterocycles. The first-order valence-corrected chi connectivity index (χ1v) is 13.1. The molecule has 0 saturated heterocycles. The number of benzene rings is 3. The van der Waals surface area contributed by atoms with Gasteiger partial charge in [0.25, 0.3) is 0 Å². The van der Waals surface area contributed by atoms with Gasteiger partial charge in [0.05, 0.1) is 57.0 Å².